The number of rotatable bonds is 6. The largest absolute Gasteiger partial charge is 0.446 e. The molecule has 0 radical (unpaired) electrons. The van der Waals surface area contributed by atoms with Crippen molar-refractivity contribution in [1.29, 1.82) is 0 Å². The van der Waals surface area contributed by atoms with Crippen molar-refractivity contribution in [3.05, 3.63) is 64.7 Å². The van der Waals surface area contributed by atoms with Crippen LogP contribution in [0.2, 0.25) is 5.02 Å². The second-order valence-electron chi connectivity index (χ2n) is 7.59. The Labute approximate surface area is 193 Å². The Hall–Kier alpha value is -3.07. The predicted molar refractivity (Wildman–Crippen MR) is 115 cm³/mol. The number of ether oxygens (including phenoxy) is 1. The van der Waals surface area contributed by atoms with E-state index in [-0.39, 0.29) is 23.2 Å². The minimum absolute atomic E-state index is 0.107. The van der Waals surface area contributed by atoms with Crippen LogP contribution in [0.4, 0.5) is 18.9 Å². The molecule has 1 aliphatic heterocycles. The standard InChI is InChI=1S/C23H22ClF3N2O4/c24-17-11-10-16(23(25,26)27)13-18(17)28-22(32)21(15-7-3-1-4-8-15)33-20(31)14-29-12-6-2-5-9-19(29)30/h1,3-4,7-8,10-11,13,21H,2,5-6,9,12,14H2,(H,28,32). The van der Waals surface area contributed by atoms with E-state index in [1.807, 2.05) is 0 Å². The van der Waals surface area contributed by atoms with Crippen LogP contribution in [0, 0.1) is 0 Å². The molecule has 1 N–H and O–H groups in total. The Bertz CT molecular complexity index is 1010. The van der Waals surface area contributed by atoms with E-state index in [2.05, 4.69) is 5.32 Å². The minimum Gasteiger partial charge on any atom is -0.446 e. The third-order valence-electron chi connectivity index (χ3n) is 5.13. The quantitative estimate of drug-likeness (QED) is 0.589. The summed E-state index contributed by atoms with van der Waals surface area (Å²) >= 11 is 5.97. The summed E-state index contributed by atoms with van der Waals surface area (Å²) in [6.45, 7) is 0.0930. The molecule has 0 bridgehead atoms. The molecule has 10 heteroatoms. The third-order valence-corrected chi connectivity index (χ3v) is 5.46. The highest BCUT2D eigenvalue weighted by molar-refractivity contribution is 6.33. The first-order valence-electron chi connectivity index (χ1n) is 10.3. The Balaban J connectivity index is 1.79. The molecule has 1 atom stereocenters. The molecule has 0 aromatic heterocycles. The molecule has 0 saturated carbocycles. The van der Waals surface area contributed by atoms with Crippen LogP contribution in [0.3, 0.4) is 0 Å². The fourth-order valence-corrected chi connectivity index (χ4v) is 3.59. The number of halogens is 4. The number of hydrogen-bond donors (Lipinski definition) is 1. The summed E-state index contributed by atoms with van der Waals surface area (Å²) in [6, 6.07) is 10.6. The number of anilines is 1. The monoisotopic (exact) mass is 482 g/mol. The molecule has 1 fully saturated rings. The predicted octanol–water partition coefficient (Wildman–Crippen LogP) is 4.98. The lowest BCUT2D eigenvalue weighted by Crippen LogP contribution is -2.37. The first-order valence-corrected chi connectivity index (χ1v) is 10.7. The Morgan fingerprint density at radius 3 is 2.52 bits per heavy atom. The van der Waals surface area contributed by atoms with E-state index in [9.17, 15) is 27.6 Å². The number of carbonyl (C=O) groups is 3. The van der Waals surface area contributed by atoms with Gasteiger partial charge in [-0.1, -0.05) is 48.4 Å². The second kappa shape index (κ2) is 10.7. The molecule has 1 saturated heterocycles. The van der Waals surface area contributed by atoms with E-state index in [0.717, 1.165) is 31.4 Å². The van der Waals surface area contributed by atoms with Crippen molar-refractivity contribution in [3.8, 4) is 0 Å². The number of hydrogen-bond acceptors (Lipinski definition) is 4. The summed E-state index contributed by atoms with van der Waals surface area (Å²) in [6.07, 6.45) is -3.36. The van der Waals surface area contributed by atoms with E-state index in [0.29, 0.717) is 24.6 Å². The number of nitrogens with one attached hydrogen (secondary N) is 1. The maximum Gasteiger partial charge on any atom is 0.416 e. The van der Waals surface area contributed by atoms with Crippen molar-refractivity contribution in [3.63, 3.8) is 0 Å². The van der Waals surface area contributed by atoms with Gasteiger partial charge in [-0.15, -0.1) is 0 Å². The zero-order chi connectivity index (χ0) is 24.0. The van der Waals surface area contributed by atoms with E-state index in [4.69, 9.17) is 16.3 Å². The molecule has 2 aromatic rings. The summed E-state index contributed by atoms with van der Waals surface area (Å²) in [5, 5.41) is 2.21. The van der Waals surface area contributed by atoms with Crippen LogP contribution < -0.4 is 5.32 Å². The van der Waals surface area contributed by atoms with Crippen LogP contribution in [-0.4, -0.2) is 35.8 Å². The highest BCUT2D eigenvalue weighted by atomic mass is 35.5. The van der Waals surface area contributed by atoms with Gasteiger partial charge in [0.05, 0.1) is 16.3 Å². The maximum atomic E-state index is 13.1. The molecule has 1 aliphatic rings. The summed E-state index contributed by atoms with van der Waals surface area (Å²) in [5.74, 6) is -1.84. The van der Waals surface area contributed by atoms with Gasteiger partial charge in [-0.3, -0.25) is 14.4 Å². The molecule has 176 valence electrons. The van der Waals surface area contributed by atoms with Crippen LogP contribution >= 0.6 is 11.6 Å². The van der Waals surface area contributed by atoms with Crippen LogP contribution in [0.25, 0.3) is 0 Å². The zero-order valence-corrected chi connectivity index (χ0v) is 18.3. The van der Waals surface area contributed by atoms with E-state index in [1.165, 1.54) is 4.90 Å². The van der Waals surface area contributed by atoms with Crippen LogP contribution in [0.1, 0.15) is 42.9 Å². The average Bonchev–Trinajstić information content (AvgIpc) is 2.97. The number of alkyl halides is 3. The summed E-state index contributed by atoms with van der Waals surface area (Å²) in [4.78, 5) is 39.1. The molecule has 1 unspecified atom stereocenters. The fraction of sp³-hybridized carbons (Fsp3) is 0.348. The lowest BCUT2D eigenvalue weighted by molar-refractivity contribution is -0.157. The first kappa shape index (κ1) is 24.6. The molecular weight excluding hydrogens is 461 g/mol. The fourth-order valence-electron chi connectivity index (χ4n) is 3.43. The van der Waals surface area contributed by atoms with Gasteiger partial charge in [0.15, 0.2) is 0 Å². The van der Waals surface area contributed by atoms with E-state index in [1.54, 1.807) is 30.3 Å². The van der Waals surface area contributed by atoms with Crippen molar-refractivity contribution < 1.29 is 32.3 Å². The maximum absolute atomic E-state index is 13.1. The highest BCUT2D eigenvalue weighted by Gasteiger charge is 2.32. The smallest absolute Gasteiger partial charge is 0.416 e. The van der Waals surface area contributed by atoms with Gasteiger partial charge >= 0.3 is 12.1 Å². The number of benzene rings is 2. The van der Waals surface area contributed by atoms with Crippen molar-refractivity contribution in [2.45, 2.75) is 38.0 Å². The third kappa shape index (κ3) is 6.71. The van der Waals surface area contributed by atoms with Gasteiger partial charge in [-0.05, 0) is 31.0 Å². The van der Waals surface area contributed by atoms with Gasteiger partial charge in [0.25, 0.3) is 5.91 Å². The van der Waals surface area contributed by atoms with Gasteiger partial charge in [-0.2, -0.15) is 13.2 Å². The van der Waals surface area contributed by atoms with Crippen molar-refractivity contribution in [1.82, 2.24) is 4.90 Å². The SMILES string of the molecule is O=C(CN1CCCCCC1=O)OC(C(=O)Nc1cc(C(F)(F)F)ccc1Cl)c1ccccc1. The average molecular weight is 483 g/mol. The molecule has 0 aliphatic carbocycles. The number of likely N-dealkylation sites (tertiary alicyclic amines) is 1. The Morgan fingerprint density at radius 1 is 1.09 bits per heavy atom. The van der Waals surface area contributed by atoms with Gasteiger partial charge in [-0.25, -0.2) is 0 Å². The molecule has 3 rings (SSSR count). The highest BCUT2D eigenvalue weighted by Crippen LogP contribution is 2.34. The lowest BCUT2D eigenvalue weighted by atomic mass is 10.1. The second-order valence-corrected chi connectivity index (χ2v) is 8.00. The minimum atomic E-state index is -4.63. The molecule has 0 spiro atoms. The summed E-state index contributed by atoms with van der Waals surface area (Å²) in [5.41, 5.74) is -0.944. The number of esters is 1. The van der Waals surface area contributed by atoms with Crippen molar-refractivity contribution in [2.24, 2.45) is 0 Å². The first-order chi connectivity index (χ1) is 15.6. The topological polar surface area (TPSA) is 75.7 Å². The summed E-state index contributed by atoms with van der Waals surface area (Å²) in [7, 11) is 0. The lowest BCUT2D eigenvalue weighted by Gasteiger charge is -2.23. The zero-order valence-electron chi connectivity index (χ0n) is 17.5. The Kier molecular flexibility index (Phi) is 7.97. The van der Waals surface area contributed by atoms with Crippen molar-refractivity contribution in [2.75, 3.05) is 18.4 Å². The molecular formula is C23H22ClF3N2O4. The molecule has 1 heterocycles. The van der Waals surface area contributed by atoms with Crippen LogP contribution in [0.5, 0.6) is 0 Å². The normalized spacial score (nSPS) is 15.5. The Morgan fingerprint density at radius 2 is 1.82 bits per heavy atom. The summed E-state index contributed by atoms with van der Waals surface area (Å²) < 4.78 is 44.6. The molecule has 33 heavy (non-hydrogen) atoms. The number of amides is 2. The van der Waals surface area contributed by atoms with Crippen LogP contribution in [0.15, 0.2) is 48.5 Å². The van der Waals surface area contributed by atoms with Gasteiger partial charge in [0, 0.05) is 18.5 Å². The molecule has 2 aromatic carbocycles. The van der Waals surface area contributed by atoms with Crippen LogP contribution in [-0.2, 0) is 25.3 Å². The van der Waals surface area contributed by atoms with E-state index >= 15 is 0 Å². The molecule has 6 nitrogen and oxygen atoms in total. The number of nitrogens with zero attached hydrogens (tertiary/aromatic N) is 1. The number of carbonyl (C=O) groups excluding carboxylic acids is 3. The van der Waals surface area contributed by atoms with E-state index < -0.39 is 29.7 Å². The van der Waals surface area contributed by atoms with Gasteiger partial charge in [0.2, 0.25) is 12.0 Å². The van der Waals surface area contributed by atoms with Gasteiger partial charge in [0.1, 0.15) is 6.54 Å². The van der Waals surface area contributed by atoms with Gasteiger partial charge < -0.3 is 15.0 Å². The van der Waals surface area contributed by atoms with Crippen molar-refractivity contribution >= 4 is 35.1 Å². The molecule has 2 amide bonds.